The number of hydrogen-bond donors (Lipinski definition) is 2. The Kier molecular flexibility index (Phi) is 6.10. The number of rotatable bonds is 8. The van der Waals surface area contributed by atoms with Gasteiger partial charge in [0.15, 0.2) is 0 Å². The van der Waals surface area contributed by atoms with E-state index >= 15 is 0 Å². The second-order valence-corrected chi connectivity index (χ2v) is 6.16. The van der Waals surface area contributed by atoms with Crippen LogP contribution in [0.4, 0.5) is 17.5 Å². The van der Waals surface area contributed by atoms with Crippen LogP contribution in [0.25, 0.3) is 0 Å². The van der Waals surface area contributed by atoms with Gasteiger partial charge in [-0.05, 0) is 55.8 Å². The van der Waals surface area contributed by atoms with Crippen molar-refractivity contribution in [1.82, 2.24) is 9.97 Å². The van der Waals surface area contributed by atoms with Crippen LogP contribution in [0.2, 0.25) is 0 Å². The molecule has 140 valence electrons. The van der Waals surface area contributed by atoms with Crippen molar-refractivity contribution < 1.29 is 9.47 Å². The Morgan fingerprint density at radius 2 is 1.70 bits per heavy atom. The lowest BCUT2D eigenvalue weighted by Gasteiger charge is -2.11. The van der Waals surface area contributed by atoms with E-state index in [2.05, 4.69) is 39.7 Å². The molecule has 0 unspecified atom stereocenters. The number of methoxy groups -OCH3 is 1. The minimum atomic E-state index is 0.524. The van der Waals surface area contributed by atoms with Crippen molar-refractivity contribution in [3.63, 3.8) is 0 Å². The third-order valence-corrected chi connectivity index (χ3v) is 3.86. The Morgan fingerprint density at radius 3 is 2.44 bits per heavy atom. The summed E-state index contributed by atoms with van der Waals surface area (Å²) < 4.78 is 10.9. The van der Waals surface area contributed by atoms with Gasteiger partial charge in [-0.25, -0.2) is 4.98 Å². The molecule has 6 heteroatoms. The number of aromatic nitrogens is 2. The fourth-order valence-electron chi connectivity index (χ4n) is 2.59. The minimum Gasteiger partial charge on any atom is -0.497 e. The topological polar surface area (TPSA) is 68.3 Å². The Hall–Kier alpha value is -3.28. The van der Waals surface area contributed by atoms with E-state index in [4.69, 9.17) is 9.47 Å². The highest BCUT2D eigenvalue weighted by Crippen LogP contribution is 2.18. The second-order valence-electron chi connectivity index (χ2n) is 6.16. The summed E-state index contributed by atoms with van der Waals surface area (Å²) in [4.78, 5) is 8.97. The third-order valence-electron chi connectivity index (χ3n) is 3.86. The van der Waals surface area contributed by atoms with E-state index in [1.807, 2.05) is 49.4 Å². The van der Waals surface area contributed by atoms with Crippen LogP contribution in [-0.2, 0) is 0 Å². The molecule has 0 radical (unpaired) electrons. The molecule has 0 spiro atoms. The highest BCUT2D eigenvalue weighted by molar-refractivity contribution is 5.56. The van der Waals surface area contributed by atoms with Crippen molar-refractivity contribution in [2.75, 3.05) is 30.9 Å². The molecule has 0 fully saturated rings. The molecule has 6 nitrogen and oxygen atoms in total. The van der Waals surface area contributed by atoms with Crippen LogP contribution < -0.4 is 20.1 Å². The zero-order chi connectivity index (χ0) is 19.1. The summed E-state index contributed by atoms with van der Waals surface area (Å²) in [5.74, 6) is 2.94. The van der Waals surface area contributed by atoms with Crippen molar-refractivity contribution >= 4 is 17.5 Å². The van der Waals surface area contributed by atoms with E-state index in [9.17, 15) is 0 Å². The van der Waals surface area contributed by atoms with Crippen molar-refractivity contribution in [1.29, 1.82) is 0 Å². The Morgan fingerprint density at radius 1 is 0.926 bits per heavy atom. The van der Waals surface area contributed by atoms with Crippen LogP contribution >= 0.6 is 0 Å². The van der Waals surface area contributed by atoms with Gasteiger partial charge in [0, 0.05) is 17.4 Å². The molecule has 0 saturated heterocycles. The van der Waals surface area contributed by atoms with Gasteiger partial charge in [0.05, 0.1) is 13.7 Å². The molecule has 0 aliphatic heterocycles. The molecule has 1 heterocycles. The van der Waals surface area contributed by atoms with E-state index < -0.39 is 0 Å². The first-order valence-electron chi connectivity index (χ1n) is 8.82. The first-order valence-corrected chi connectivity index (χ1v) is 8.82. The van der Waals surface area contributed by atoms with Gasteiger partial charge in [-0.1, -0.05) is 12.1 Å². The van der Waals surface area contributed by atoms with Gasteiger partial charge in [-0.3, -0.25) is 0 Å². The zero-order valence-corrected chi connectivity index (χ0v) is 15.8. The summed E-state index contributed by atoms with van der Waals surface area (Å²) in [7, 11) is 1.64. The third kappa shape index (κ3) is 5.60. The van der Waals surface area contributed by atoms with Gasteiger partial charge < -0.3 is 20.1 Å². The van der Waals surface area contributed by atoms with E-state index in [1.165, 1.54) is 5.56 Å². The van der Waals surface area contributed by atoms with Gasteiger partial charge in [-0.2, -0.15) is 4.98 Å². The van der Waals surface area contributed by atoms with E-state index in [1.54, 1.807) is 7.11 Å². The number of benzene rings is 2. The number of hydrogen-bond acceptors (Lipinski definition) is 6. The fourth-order valence-corrected chi connectivity index (χ4v) is 2.59. The lowest BCUT2D eigenvalue weighted by molar-refractivity contribution is 0.331. The molecule has 0 aliphatic carbocycles. The Labute approximate surface area is 159 Å². The van der Waals surface area contributed by atoms with Gasteiger partial charge in [0.1, 0.15) is 23.9 Å². The molecular formula is C21H24N4O2. The molecule has 0 bridgehead atoms. The molecule has 1 aromatic heterocycles. The molecule has 0 amide bonds. The molecule has 27 heavy (non-hydrogen) atoms. The predicted octanol–water partition coefficient (Wildman–Crippen LogP) is 4.34. The summed E-state index contributed by atoms with van der Waals surface area (Å²) in [6.45, 7) is 5.16. The average molecular weight is 364 g/mol. The van der Waals surface area contributed by atoms with Gasteiger partial charge in [0.25, 0.3) is 0 Å². The Balaban J connectivity index is 1.54. The van der Waals surface area contributed by atoms with Crippen LogP contribution in [-0.4, -0.2) is 30.2 Å². The molecule has 0 atom stereocenters. The quantitative estimate of drug-likeness (QED) is 0.580. The average Bonchev–Trinajstić information content (AvgIpc) is 2.65. The summed E-state index contributed by atoms with van der Waals surface area (Å²) in [5.41, 5.74) is 3.04. The number of nitrogens with one attached hydrogen (secondary N) is 2. The maximum absolute atomic E-state index is 5.72. The molecule has 0 saturated carbocycles. The van der Waals surface area contributed by atoms with Crippen molar-refractivity contribution in [2.45, 2.75) is 13.8 Å². The molecule has 3 rings (SSSR count). The highest BCUT2D eigenvalue weighted by Gasteiger charge is 2.03. The number of nitrogens with zero attached hydrogens (tertiary/aromatic N) is 2. The van der Waals surface area contributed by atoms with Gasteiger partial charge in [0.2, 0.25) is 5.95 Å². The van der Waals surface area contributed by atoms with E-state index in [0.29, 0.717) is 19.1 Å². The van der Waals surface area contributed by atoms with Crippen LogP contribution in [0.5, 0.6) is 11.5 Å². The number of aryl methyl sites for hydroxylation is 2. The van der Waals surface area contributed by atoms with Crippen LogP contribution in [0.15, 0.2) is 54.6 Å². The monoisotopic (exact) mass is 364 g/mol. The largest absolute Gasteiger partial charge is 0.497 e. The standard InChI is InChI=1S/C21H24N4O2/c1-15-5-4-6-17(13-15)24-21-23-16(2)14-20(25-21)22-11-12-27-19-9-7-18(26-3)8-10-19/h4-10,13-14H,11-12H2,1-3H3,(H2,22,23,24,25). The first kappa shape index (κ1) is 18.5. The molecule has 2 aromatic carbocycles. The molecule has 3 aromatic rings. The van der Waals surface area contributed by atoms with E-state index in [-0.39, 0.29) is 0 Å². The van der Waals surface area contributed by atoms with Crippen molar-refractivity contribution in [3.05, 3.63) is 65.9 Å². The predicted molar refractivity (Wildman–Crippen MR) is 108 cm³/mol. The fraction of sp³-hybridized carbons (Fsp3) is 0.238. The van der Waals surface area contributed by atoms with Crippen molar-refractivity contribution in [2.24, 2.45) is 0 Å². The molecule has 0 aliphatic rings. The summed E-state index contributed by atoms with van der Waals surface area (Å²) >= 11 is 0. The summed E-state index contributed by atoms with van der Waals surface area (Å²) in [6.07, 6.45) is 0. The lowest BCUT2D eigenvalue weighted by atomic mass is 10.2. The highest BCUT2D eigenvalue weighted by atomic mass is 16.5. The minimum absolute atomic E-state index is 0.524. The summed E-state index contributed by atoms with van der Waals surface area (Å²) in [6, 6.07) is 17.5. The zero-order valence-electron chi connectivity index (χ0n) is 15.8. The summed E-state index contributed by atoms with van der Waals surface area (Å²) in [5, 5.41) is 6.52. The van der Waals surface area contributed by atoms with E-state index in [0.717, 1.165) is 28.7 Å². The molecular weight excluding hydrogens is 340 g/mol. The number of anilines is 3. The van der Waals surface area contributed by atoms with Gasteiger partial charge >= 0.3 is 0 Å². The SMILES string of the molecule is COc1ccc(OCCNc2cc(C)nc(Nc3cccc(C)c3)n2)cc1. The van der Waals surface area contributed by atoms with Crippen LogP contribution in [0.3, 0.4) is 0 Å². The second kappa shape index (κ2) is 8.89. The maximum atomic E-state index is 5.72. The Bertz CT molecular complexity index is 882. The normalized spacial score (nSPS) is 10.3. The van der Waals surface area contributed by atoms with Crippen molar-refractivity contribution in [3.8, 4) is 11.5 Å². The first-order chi connectivity index (χ1) is 13.1. The van der Waals surface area contributed by atoms with Crippen LogP contribution in [0, 0.1) is 13.8 Å². The molecule has 2 N–H and O–H groups in total. The van der Waals surface area contributed by atoms with Crippen LogP contribution in [0.1, 0.15) is 11.3 Å². The maximum Gasteiger partial charge on any atom is 0.229 e. The lowest BCUT2D eigenvalue weighted by Crippen LogP contribution is -2.13. The van der Waals surface area contributed by atoms with Gasteiger partial charge in [-0.15, -0.1) is 0 Å². The smallest absolute Gasteiger partial charge is 0.229 e. The number of ether oxygens (including phenoxy) is 2.